The summed E-state index contributed by atoms with van der Waals surface area (Å²) < 4.78 is 5.90. The lowest BCUT2D eigenvalue weighted by Crippen LogP contribution is -2.56. The van der Waals surface area contributed by atoms with Crippen LogP contribution in [-0.2, 0) is 14.9 Å². The Kier molecular flexibility index (Phi) is 3.24. The summed E-state index contributed by atoms with van der Waals surface area (Å²) in [5.41, 5.74) is 6.99. The molecule has 1 saturated carbocycles. The fourth-order valence-corrected chi connectivity index (χ4v) is 3.46. The van der Waals surface area contributed by atoms with Crippen LogP contribution in [0.4, 0.5) is 5.69 Å². The molecule has 1 aliphatic heterocycles. The van der Waals surface area contributed by atoms with Crippen molar-refractivity contribution in [3.63, 3.8) is 0 Å². The zero-order chi connectivity index (χ0) is 15.3. The number of ether oxygens (including phenoxy) is 1. The fourth-order valence-electron chi connectivity index (χ4n) is 3.46. The molecule has 4 heteroatoms. The molecule has 3 rings (SSSR count). The first kappa shape index (κ1) is 14.4. The highest BCUT2D eigenvalue weighted by molar-refractivity contribution is 5.91. The minimum absolute atomic E-state index is 0.0833. The SMILES string of the molecule is CC1CN(C(=O)C2(c3ccc(N)cc3)CC2)CC(C)(C)O1. The topological polar surface area (TPSA) is 55.6 Å². The second-order valence-electron chi connectivity index (χ2n) is 7.08. The van der Waals surface area contributed by atoms with E-state index in [0.29, 0.717) is 13.1 Å². The van der Waals surface area contributed by atoms with Crippen LogP contribution in [0.2, 0.25) is 0 Å². The van der Waals surface area contributed by atoms with E-state index in [1.54, 1.807) is 0 Å². The number of hydrogen-bond donors (Lipinski definition) is 1. The smallest absolute Gasteiger partial charge is 0.233 e. The molecule has 0 spiro atoms. The molecule has 4 nitrogen and oxygen atoms in total. The Balaban J connectivity index is 1.83. The van der Waals surface area contributed by atoms with E-state index in [1.165, 1.54) is 0 Å². The van der Waals surface area contributed by atoms with E-state index in [-0.39, 0.29) is 23.0 Å². The van der Waals surface area contributed by atoms with Gasteiger partial charge in [-0.05, 0) is 51.3 Å². The Hall–Kier alpha value is -1.55. The lowest BCUT2D eigenvalue weighted by atomic mass is 9.92. The minimum atomic E-state index is -0.319. The number of morpholine rings is 1. The van der Waals surface area contributed by atoms with Gasteiger partial charge >= 0.3 is 0 Å². The van der Waals surface area contributed by atoms with Crippen molar-refractivity contribution in [2.24, 2.45) is 0 Å². The number of nitrogen functional groups attached to an aromatic ring is 1. The van der Waals surface area contributed by atoms with E-state index >= 15 is 0 Å². The molecule has 21 heavy (non-hydrogen) atoms. The van der Waals surface area contributed by atoms with Crippen molar-refractivity contribution >= 4 is 11.6 Å². The summed E-state index contributed by atoms with van der Waals surface area (Å²) in [6.45, 7) is 7.47. The lowest BCUT2D eigenvalue weighted by Gasteiger charge is -2.43. The monoisotopic (exact) mass is 288 g/mol. The van der Waals surface area contributed by atoms with Gasteiger partial charge in [0.15, 0.2) is 0 Å². The van der Waals surface area contributed by atoms with Crippen molar-refractivity contribution in [3.05, 3.63) is 29.8 Å². The summed E-state index contributed by atoms with van der Waals surface area (Å²) in [4.78, 5) is 15.0. The Morgan fingerprint density at radius 2 is 1.90 bits per heavy atom. The van der Waals surface area contributed by atoms with Gasteiger partial charge < -0.3 is 15.4 Å². The van der Waals surface area contributed by atoms with Gasteiger partial charge in [-0.15, -0.1) is 0 Å². The van der Waals surface area contributed by atoms with E-state index in [0.717, 1.165) is 24.1 Å². The number of anilines is 1. The van der Waals surface area contributed by atoms with E-state index in [2.05, 4.69) is 0 Å². The quantitative estimate of drug-likeness (QED) is 0.850. The number of nitrogens with two attached hydrogens (primary N) is 1. The highest BCUT2D eigenvalue weighted by Crippen LogP contribution is 2.50. The van der Waals surface area contributed by atoms with Crippen LogP contribution in [0.5, 0.6) is 0 Å². The predicted molar refractivity (Wildman–Crippen MR) is 83.0 cm³/mol. The van der Waals surface area contributed by atoms with Crippen molar-refractivity contribution in [1.29, 1.82) is 0 Å². The molecule has 2 aliphatic rings. The third kappa shape index (κ3) is 2.64. The first-order chi connectivity index (χ1) is 9.82. The number of nitrogens with zero attached hydrogens (tertiary/aromatic N) is 1. The number of benzene rings is 1. The summed E-state index contributed by atoms with van der Waals surface area (Å²) in [6, 6.07) is 7.76. The molecule has 1 amide bonds. The highest BCUT2D eigenvalue weighted by Gasteiger charge is 2.54. The van der Waals surface area contributed by atoms with Crippen LogP contribution in [0.15, 0.2) is 24.3 Å². The van der Waals surface area contributed by atoms with Gasteiger partial charge in [-0.2, -0.15) is 0 Å². The van der Waals surface area contributed by atoms with Gasteiger partial charge in [0.2, 0.25) is 5.91 Å². The van der Waals surface area contributed by atoms with Gasteiger partial charge in [-0.25, -0.2) is 0 Å². The highest BCUT2D eigenvalue weighted by atomic mass is 16.5. The molecule has 0 radical (unpaired) electrons. The van der Waals surface area contributed by atoms with E-state index in [4.69, 9.17) is 10.5 Å². The van der Waals surface area contributed by atoms with Gasteiger partial charge in [0.05, 0.1) is 17.1 Å². The first-order valence-corrected chi connectivity index (χ1v) is 7.66. The maximum atomic E-state index is 13.0. The minimum Gasteiger partial charge on any atom is -0.399 e. The van der Waals surface area contributed by atoms with E-state index in [9.17, 15) is 4.79 Å². The molecule has 1 aromatic carbocycles. The Morgan fingerprint density at radius 3 is 2.43 bits per heavy atom. The molecule has 1 heterocycles. The van der Waals surface area contributed by atoms with Gasteiger partial charge in [0, 0.05) is 18.8 Å². The molecule has 1 saturated heterocycles. The Bertz CT molecular complexity index is 546. The fraction of sp³-hybridized carbons (Fsp3) is 0.588. The number of carbonyl (C=O) groups is 1. The number of hydrogen-bond acceptors (Lipinski definition) is 3. The van der Waals surface area contributed by atoms with Crippen LogP contribution >= 0.6 is 0 Å². The van der Waals surface area contributed by atoms with Gasteiger partial charge in [-0.3, -0.25) is 4.79 Å². The average Bonchev–Trinajstić information content (AvgIpc) is 3.18. The van der Waals surface area contributed by atoms with Crippen LogP contribution in [0.25, 0.3) is 0 Å². The molecule has 2 N–H and O–H groups in total. The van der Waals surface area contributed by atoms with Crippen molar-refractivity contribution in [2.75, 3.05) is 18.8 Å². The third-order valence-electron chi connectivity index (χ3n) is 4.48. The molecular weight excluding hydrogens is 264 g/mol. The van der Waals surface area contributed by atoms with Crippen molar-refractivity contribution in [1.82, 2.24) is 4.90 Å². The van der Waals surface area contributed by atoms with Crippen molar-refractivity contribution in [3.8, 4) is 0 Å². The van der Waals surface area contributed by atoms with E-state index in [1.807, 2.05) is 49.9 Å². The van der Waals surface area contributed by atoms with Crippen LogP contribution in [0.1, 0.15) is 39.2 Å². The summed E-state index contributed by atoms with van der Waals surface area (Å²) in [6.07, 6.45) is 1.95. The van der Waals surface area contributed by atoms with Gasteiger partial charge in [-0.1, -0.05) is 12.1 Å². The lowest BCUT2D eigenvalue weighted by molar-refractivity contribution is -0.160. The molecule has 1 aliphatic carbocycles. The second kappa shape index (κ2) is 4.73. The van der Waals surface area contributed by atoms with E-state index < -0.39 is 0 Å². The summed E-state index contributed by atoms with van der Waals surface area (Å²) in [5.74, 6) is 0.246. The summed E-state index contributed by atoms with van der Waals surface area (Å²) >= 11 is 0. The molecule has 0 aromatic heterocycles. The molecular formula is C17H24N2O2. The third-order valence-corrected chi connectivity index (χ3v) is 4.48. The standard InChI is InChI=1S/C17H24N2O2/c1-12-10-19(11-16(2,3)21-12)15(20)17(8-9-17)13-4-6-14(18)7-5-13/h4-7,12H,8-11,18H2,1-3H3. The molecule has 1 unspecified atom stereocenters. The van der Waals surface area contributed by atoms with Crippen molar-refractivity contribution < 1.29 is 9.53 Å². The van der Waals surface area contributed by atoms with Gasteiger partial charge in [0.25, 0.3) is 0 Å². The maximum absolute atomic E-state index is 13.0. The first-order valence-electron chi connectivity index (χ1n) is 7.66. The predicted octanol–water partition coefficient (Wildman–Crippen LogP) is 2.33. The average molecular weight is 288 g/mol. The number of amides is 1. The van der Waals surface area contributed by atoms with Crippen molar-refractivity contribution in [2.45, 2.75) is 50.7 Å². The molecule has 1 aromatic rings. The Morgan fingerprint density at radius 1 is 1.29 bits per heavy atom. The summed E-state index contributed by atoms with van der Waals surface area (Å²) in [7, 11) is 0. The molecule has 114 valence electrons. The zero-order valence-corrected chi connectivity index (χ0v) is 13.1. The number of carbonyl (C=O) groups excluding carboxylic acids is 1. The Labute approximate surface area is 126 Å². The van der Waals surface area contributed by atoms with Gasteiger partial charge in [0.1, 0.15) is 0 Å². The molecule has 0 bridgehead atoms. The second-order valence-corrected chi connectivity index (χ2v) is 7.08. The van der Waals surface area contributed by atoms with Crippen LogP contribution in [0, 0.1) is 0 Å². The van der Waals surface area contributed by atoms with Crippen LogP contribution in [0.3, 0.4) is 0 Å². The zero-order valence-electron chi connectivity index (χ0n) is 13.1. The maximum Gasteiger partial charge on any atom is 0.233 e. The van der Waals surface area contributed by atoms with Crippen LogP contribution < -0.4 is 5.73 Å². The number of rotatable bonds is 2. The van der Waals surface area contributed by atoms with Crippen LogP contribution in [-0.4, -0.2) is 35.6 Å². The largest absolute Gasteiger partial charge is 0.399 e. The summed E-state index contributed by atoms with van der Waals surface area (Å²) in [5, 5.41) is 0. The molecule has 1 atom stereocenters. The molecule has 2 fully saturated rings. The normalized spacial score (nSPS) is 26.4.